The summed E-state index contributed by atoms with van der Waals surface area (Å²) in [5.74, 6) is 0.246. The van der Waals surface area contributed by atoms with Crippen LogP contribution in [0, 0.1) is 10.1 Å². The Morgan fingerprint density at radius 1 is 1.54 bits per heavy atom. The van der Waals surface area contributed by atoms with Crippen molar-refractivity contribution in [1.29, 1.82) is 0 Å². The molecule has 24 heavy (non-hydrogen) atoms. The molecule has 0 saturated carbocycles. The minimum absolute atomic E-state index is 0.0592. The minimum Gasteiger partial charge on any atom is -0.370 e. The number of nitrogens with zero attached hydrogens (tertiary/aromatic N) is 4. The van der Waals surface area contributed by atoms with Crippen molar-refractivity contribution in [3.63, 3.8) is 0 Å². The molecule has 0 saturated heterocycles. The van der Waals surface area contributed by atoms with Crippen LogP contribution in [0.25, 0.3) is 0 Å². The van der Waals surface area contributed by atoms with E-state index in [-0.39, 0.29) is 17.7 Å². The third-order valence-corrected chi connectivity index (χ3v) is 3.80. The van der Waals surface area contributed by atoms with Crippen LogP contribution >= 0.6 is 23.2 Å². The molecule has 3 N–H and O–H groups in total. The number of halogens is 2. The molecule has 128 valence electrons. The average molecular weight is 371 g/mol. The lowest BCUT2D eigenvalue weighted by molar-refractivity contribution is -0.385. The summed E-state index contributed by atoms with van der Waals surface area (Å²) < 4.78 is 1.44. The highest BCUT2D eigenvalue weighted by Gasteiger charge is 2.11. The van der Waals surface area contributed by atoms with Crippen LogP contribution in [-0.2, 0) is 6.54 Å². The third-order valence-electron chi connectivity index (χ3n) is 3.24. The Kier molecular flexibility index (Phi) is 5.99. The smallest absolute Gasteiger partial charge is 0.306 e. The van der Waals surface area contributed by atoms with Gasteiger partial charge in [0.15, 0.2) is 5.96 Å². The van der Waals surface area contributed by atoms with Gasteiger partial charge in [-0.1, -0.05) is 29.3 Å². The van der Waals surface area contributed by atoms with Gasteiger partial charge in [0.05, 0.1) is 24.1 Å². The summed E-state index contributed by atoms with van der Waals surface area (Å²) >= 11 is 12.0. The summed E-state index contributed by atoms with van der Waals surface area (Å²) in [7, 11) is 0. The highest BCUT2D eigenvalue weighted by Crippen LogP contribution is 2.25. The molecule has 1 aromatic carbocycles. The maximum atomic E-state index is 10.6. The molecule has 0 radical (unpaired) electrons. The van der Waals surface area contributed by atoms with Gasteiger partial charge in [-0.2, -0.15) is 5.10 Å². The van der Waals surface area contributed by atoms with E-state index >= 15 is 0 Å². The Hall–Kier alpha value is -2.32. The zero-order valence-corrected chi connectivity index (χ0v) is 14.3. The highest BCUT2D eigenvalue weighted by molar-refractivity contribution is 6.35. The Bertz CT molecular complexity index is 761. The van der Waals surface area contributed by atoms with Crippen LogP contribution in [0.15, 0.2) is 35.6 Å². The monoisotopic (exact) mass is 370 g/mol. The standard InChI is InChI=1S/C14H16Cl2N6O2/c1-9(12-3-2-10(15)6-13(12)16)20-14(17)18-4-5-21-8-11(7-19-21)22(23)24/h2-3,6-9H,4-5H2,1H3,(H3,17,18,20). The molecule has 0 aliphatic heterocycles. The fourth-order valence-corrected chi connectivity index (χ4v) is 2.61. The SMILES string of the molecule is CC(NC(N)=NCCn1cc([N+](=O)[O-])cn1)c1ccc(Cl)cc1Cl. The van der Waals surface area contributed by atoms with Crippen LogP contribution < -0.4 is 11.1 Å². The second kappa shape index (κ2) is 7.98. The molecule has 0 amide bonds. The molecule has 1 unspecified atom stereocenters. The van der Waals surface area contributed by atoms with E-state index < -0.39 is 4.92 Å². The van der Waals surface area contributed by atoms with Crippen molar-refractivity contribution < 1.29 is 4.92 Å². The van der Waals surface area contributed by atoms with Gasteiger partial charge < -0.3 is 11.1 Å². The van der Waals surface area contributed by atoms with Crippen LogP contribution in [0.3, 0.4) is 0 Å². The molecular weight excluding hydrogens is 355 g/mol. The van der Waals surface area contributed by atoms with Crippen molar-refractivity contribution >= 4 is 34.8 Å². The van der Waals surface area contributed by atoms with E-state index in [0.717, 1.165) is 5.56 Å². The van der Waals surface area contributed by atoms with Gasteiger partial charge in [0.1, 0.15) is 12.4 Å². The molecular formula is C14H16Cl2N6O2. The Balaban J connectivity index is 1.89. The number of aliphatic imine (C=N–C) groups is 1. The summed E-state index contributed by atoms with van der Waals surface area (Å²) in [5, 5.41) is 18.6. The first-order chi connectivity index (χ1) is 11.4. The summed E-state index contributed by atoms with van der Waals surface area (Å²) in [4.78, 5) is 14.2. The Labute approximate surface area is 148 Å². The van der Waals surface area contributed by atoms with Gasteiger partial charge in [0.25, 0.3) is 0 Å². The van der Waals surface area contributed by atoms with Gasteiger partial charge in [-0.3, -0.25) is 19.8 Å². The maximum Gasteiger partial charge on any atom is 0.306 e. The summed E-state index contributed by atoms with van der Waals surface area (Å²) in [6.07, 6.45) is 2.53. The fraction of sp³-hybridized carbons (Fsp3) is 0.286. The van der Waals surface area contributed by atoms with E-state index in [1.54, 1.807) is 12.1 Å². The first-order valence-corrected chi connectivity index (χ1v) is 7.80. The molecule has 1 aromatic heterocycles. The lowest BCUT2D eigenvalue weighted by atomic mass is 10.1. The summed E-state index contributed by atoms with van der Waals surface area (Å²) in [6, 6.07) is 5.08. The van der Waals surface area contributed by atoms with E-state index in [4.69, 9.17) is 28.9 Å². The van der Waals surface area contributed by atoms with E-state index in [0.29, 0.717) is 23.1 Å². The van der Waals surface area contributed by atoms with E-state index in [1.807, 2.05) is 13.0 Å². The van der Waals surface area contributed by atoms with Gasteiger partial charge in [-0.05, 0) is 24.6 Å². The van der Waals surface area contributed by atoms with Crippen molar-refractivity contribution in [1.82, 2.24) is 15.1 Å². The van der Waals surface area contributed by atoms with E-state index in [2.05, 4.69) is 15.4 Å². The molecule has 8 nitrogen and oxygen atoms in total. The Morgan fingerprint density at radius 2 is 2.29 bits per heavy atom. The number of guanidine groups is 1. The molecule has 1 atom stereocenters. The number of nitrogens with two attached hydrogens (primary N) is 1. The van der Waals surface area contributed by atoms with Gasteiger partial charge in [0, 0.05) is 10.0 Å². The minimum atomic E-state index is -0.500. The molecule has 0 aliphatic rings. The van der Waals surface area contributed by atoms with Crippen LogP contribution in [0.1, 0.15) is 18.5 Å². The van der Waals surface area contributed by atoms with Crippen molar-refractivity contribution in [3.8, 4) is 0 Å². The molecule has 0 fully saturated rings. The van der Waals surface area contributed by atoms with Gasteiger partial charge in [-0.25, -0.2) is 0 Å². The van der Waals surface area contributed by atoms with E-state index in [1.165, 1.54) is 17.1 Å². The first-order valence-electron chi connectivity index (χ1n) is 7.05. The summed E-state index contributed by atoms with van der Waals surface area (Å²) in [5.41, 5.74) is 6.63. The number of hydrogen-bond donors (Lipinski definition) is 2. The highest BCUT2D eigenvalue weighted by atomic mass is 35.5. The zero-order valence-electron chi connectivity index (χ0n) is 12.8. The molecule has 0 aliphatic carbocycles. The van der Waals surface area contributed by atoms with Crippen LogP contribution in [0.5, 0.6) is 0 Å². The first kappa shape index (κ1) is 18.0. The Morgan fingerprint density at radius 3 is 2.92 bits per heavy atom. The predicted molar refractivity (Wildman–Crippen MR) is 93.4 cm³/mol. The number of hydrogen-bond acceptors (Lipinski definition) is 4. The topological polar surface area (TPSA) is 111 Å². The van der Waals surface area contributed by atoms with Crippen molar-refractivity contribution in [2.24, 2.45) is 10.7 Å². The van der Waals surface area contributed by atoms with Crippen molar-refractivity contribution in [3.05, 3.63) is 56.3 Å². The number of rotatable bonds is 6. The third kappa shape index (κ3) is 4.84. The van der Waals surface area contributed by atoms with Gasteiger partial charge in [0.2, 0.25) is 0 Å². The van der Waals surface area contributed by atoms with Gasteiger partial charge >= 0.3 is 5.69 Å². The molecule has 1 heterocycles. The second-order valence-corrected chi connectivity index (χ2v) is 5.86. The summed E-state index contributed by atoms with van der Waals surface area (Å²) in [6.45, 7) is 2.61. The lowest BCUT2D eigenvalue weighted by Crippen LogP contribution is -2.34. The van der Waals surface area contributed by atoms with Gasteiger partial charge in [-0.15, -0.1) is 0 Å². The number of benzene rings is 1. The molecule has 0 spiro atoms. The largest absolute Gasteiger partial charge is 0.370 e. The molecule has 2 rings (SSSR count). The number of nitro groups is 1. The molecule has 0 bridgehead atoms. The zero-order chi connectivity index (χ0) is 17.7. The van der Waals surface area contributed by atoms with Crippen LogP contribution in [0.4, 0.5) is 5.69 Å². The molecule has 10 heteroatoms. The van der Waals surface area contributed by atoms with Crippen molar-refractivity contribution in [2.75, 3.05) is 6.54 Å². The maximum absolute atomic E-state index is 10.6. The van der Waals surface area contributed by atoms with Crippen LogP contribution in [0.2, 0.25) is 10.0 Å². The lowest BCUT2D eigenvalue weighted by Gasteiger charge is -2.16. The number of nitrogens with one attached hydrogen (secondary N) is 1. The molecule has 2 aromatic rings. The second-order valence-electron chi connectivity index (χ2n) is 5.02. The normalized spacial score (nSPS) is 12.9. The number of aromatic nitrogens is 2. The predicted octanol–water partition coefficient (Wildman–Crippen LogP) is 2.76. The quantitative estimate of drug-likeness (QED) is 0.351. The average Bonchev–Trinajstić information content (AvgIpc) is 2.96. The fourth-order valence-electron chi connectivity index (χ4n) is 2.04. The van der Waals surface area contributed by atoms with Crippen LogP contribution in [-0.4, -0.2) is 27.2 Å². The van der Waals surface area contributed by atoms with E-state index in [9.17, 15) is 10.1 Å². The van der Waals surface area contributed by atoms with Crippen molar-refractivity contribution in [2.45, 2.75) is 19.5 Å².